The van der Waals surface area contributed by atoms with Crippen LogP contribution in [0.5, 0.6) is 0 Å². The number of nitrogens with zero attached hydrogens (tertiary/aromatic N) is 1. The zero-order chi connectivity index (χ0) is 11.2. The maximum atomic E-state index is 2.42. The van der Waals surface area contributed by atoms with Crippen LogP contribution >= 0.6 is 22.6 Å². The van der Waals surface area contributed by atoms with Crippen molar-refractivity contribution in [3.8, 4) is 0 Å². The van der Waals surface area contributed by atoms with Gasteiger partial charge in [0.15, 0.2) is 5.71 Å². The minimum absolute atomic E-state index is 0.187. The number of hydrogen-bond acceptors (Lipinski definition) is 0. The number of fused-ring (bicyclic) bond motifs is 1. The van der Waals surface area contributed by atoms with Crippen molar-refractivity contribution >= 4 is 34.0 Å². The number of hydrogen-bond donors (Lipinski definition) is 0. The monoisotopic (exact) mass is 314 g/mol. The predicted molar refractivity (Wildman–Crippen MR) is 73.3 cm³/mol. The summed E-state index contributed by atoms with van der Waals surface area (Å²) in [5, 5.41) is 0. The van der Waals surface area contributed by atoms with Gasteiger partial charge in [0.2, 0.25) is 5.69 Å². The second-order valence-corrected chi connectivity index (χ2v) is 5.86. The van der Waals surface area contributed by atoms with Crippen molar-refractivity contribution in [3.63, 3.8) is 0 Å². The highest BCUT2D eigenvalue weighted by atomic mass is 127. The van der Waals surface area contributed by atoms with Gasteiger partial charge in [-0.05, 0) is 55.5 Å². The fourth-order valence-electron chi connectivity index (χ4n) is 2.36. The van der Waals surface area contributed by atoms with Gasteiger partial charge in [0.05, 0.1) is 5.41 Å². The Morgan fingerprint density at radius 2 is 2.00 bits per heavy atom. The summed E-state index contributed by atoms with van der Waals surface area (Å²) in [6, 6.07) is 6.75. The fourth-order valence-corrected chi connectivity index (χ4v) is 2.86. The second-order valence-electron chi connectivity index (χ2n) is 4.62. The lowest BCUT2D eigenvalue weighted by Crippen LogP contribution is -2.26. The molecule has 0 fully saturated rings. The molecule has 1 aliphatic heterocycles. The van der Waals surface area contributed by atoms with Crippen LogP contribution in [0.15, 0.2) is 18.2 Å². The first-order chi connectivity index (χ1) is 6.98. The van der Waals surface area contributed by atoms with Crippen LogP contribution < -0.4 is 0 Å². The first kappa shape index (κ1) is 11.1. The number of rotatable bonds is 1. The van der Waals surface area contributed by atoms with Gasteiger partial charge in [-0.25, -0.2) is 0 Å². The van der Waals surface area contributed by atoms with E-state index in [1.54, 1.807) is 0 Å². The van der Waals surface area contributed by atoms with E-state index in [-0.39, 0.29) is 5.41 Å². The molecule has 0 radical (unpaired) electrons. The molecular formula is C13H17IN+. The Balaban J connectivity index is 2.70. The third-order valence-electron chi connectivity index (χ3n) is 3.55. The molecule has 0 spiro atoms. The lowest BCUT2D eigenvalue weighted by molar-refractivity contribution is -0.434. The van der Waals surface area contributed by atoms with Gasteiger partial charge < -0.3 is 0 Å². The normalized spacial score (nSPS) is 18.2. The van der Waals surface area contributed by atoms with E-state index in [1.807, 2.05) is 0 Å². The molecule has 0 aromatic heterocycles. The summed E-state index contributed by atoms with van der Waals surface area (Å²) in [4.78, 5) is 0. The molecular weight excluding hydrogens is 297 g/mol. The lowest BCUT2D eigenvalue weighted by atomic mass is 9.82. The molecule has 0 saturated carbocycles. The topological polar surface area (TPSA) is 3.01 Å². The van der Waals surface area contributed by atoms with Crippen LogP contribution in [0.1, 0.15) is 33.3 Å². The quantitative estimate of drug-likeness (QED) is 0.549. The average molecular weight is 314 g/mol. The molecule has 1 aromatic carbocycles. The van der Waals surface area contributed by atoms with Crippen molar-refractivity contribution in [1.82, 2.24) is 0 Å². The van der Waals surface area contributed by atoms with Gasteiger partial charge in [0, 0.05) is 22.1 Å². The average Bonchev–Trinajstić information content (AvgIpc) is 2.37. The summed E-state index contributed by atoms with van der Waals surface area (Å²) in [5.74, 6) is 0. The second kappa shape index (κ2) is 3.58. The van der Waals surface area contributed by atoms with Crippen LogP contribution in [0.25, 0.3) is 0 Å². The molecule has 15 heavy (non-hydrogen) atoms. The largest absolute Gasteiger partial charge is 0.209 e. The Morgan fingerprint density at radius 1 is 1.33 bits per heavy atom. The molecule has 80 valence electrons. The smallest absolute Gasteiger partial charge is 0.199 e. The molecule has 1 nitrogen and oxygen atoms in total. The van der Waals surface area contributed by atoms with Crippen LogP contribution in [-0.4, -0.2) is 16.8 Å². The third-order valence-corrected chi connectivity index (χ3v) is 4.22. The van der Waals surface area contributed by atoms with Crippen LogP contribution in [0.3, 0.4) is 0 Å². The van der Waals surface area contributed by atoms with Crippen molar-refractivity contribution in [2.45, 2.75) is 33.1 Å². The molecule has 1 aromatic rings. The van der Waals surface area contributed by atoms with Gasteiger partial charge >= 0.3 is 0 Å². The Kier molecular flexibility index (Phi) is 2.65. The highest BCUT2D eigenvalue weighted by Gasteiger charge is 2.42. The van der Waals surface area contributed by atoms with Crippen molar-refractivity contribution in [2.24, 2.45) is 0 Å². The van der Waals surface area contributed by atoms with E-state index in [0.29, 0.717) is 0 Å². The van der Waals surface area contributed by atoms with Gasteiger partial charge in [-0.15, -0.1) is 0 Å². The van der Waals surface area contributed by atoms with E-state index in [9.17, 15) is 0 Å². The Labute approximate surface area is 105 Å². The van der Waals surface area contributed by atoms with Crippen molar-refractivity contribution in [2.75, 3.05) is 6.54 Å². The standard InChI is InChI=1S/C13H17IN/c1-5-15-9(2)13(3,4)11-8-10(14)6-7-12(11)15/h6-8H,5H2,1-4H3/q+1. The summed E-state index contributed by atoms with van der Waals surface area (Å²) in [6.07, 6.45) is 0. The van der Waals surface area contributed by atoms with Crippen LogP contribution in [0.2, 0.25) is 0 Å². The van der Waals surface area contributed by atoms with E-state index in [1.165, 1.54) is 20.5 Å². The maximum absolute atomic E-state index is 2.42. The van der Waals surface area contributed by atoms with Crippen LogP contribution in [0.4, 0.5) is 5.69 Å². The minimum atomic E-state index is 0.187. The minimum Gasteiger partial charge on any atom is -0.199 e. The molecule has 2 rings (SSSR count). The van der Waals surface area contributed by atoms with Crippen molar-refractivity contribution in [1.29, 1.82) is 0 Å². The van der Waals surface area contributed by atoms with Gasteiger partial charge in [-0.1, -0.05) is 0 Å². The van der Waals surface area contributed by atoms with E-state index in [4.69, 9.17) is 0 Å². The third kappa shape index (κ3) is 1.53. The van der Waals surface area contributed by atoms with Crippen LogP contribution in [0, 0.1) is 3.57 Å². The molecule has 1 aliphatic rings. The Morgan fingerprint density at radius 3 is 2.60 bits per heavy atom. The number of benzene rings is 1. The molecule has 0 atom stereocenters. The fraction of sp³-hybridized carbons (Fsp3) is 0.462. The van der Waals surface area contributed by atoms with Gasteiger partial charge in [0.1, 0.15) is 6.54 Å². The van der Waals surface area contributed by atoms with Gasteiger partial charge in [-0.3, -0.25) is 0 Å². The van der Waals surface area contributed by atoms with Gasteiger partial charge in [-0.2, -0.15) is 4.58 Å². The lowest BCUT2D eigenvalue weighted by Gasteiger charge is -2.14. The van der Waals surface area contributed by atoms with E-state index in [2.05, 4.69) is 73.1 Å². The van der Waals surface area contributed by atoms with Crippen molar-refractivity contribution in [3.05, 3.63) is 27.3 Å². The summed E-state index contributed by atoms with van der Waals surface area (Å²) in [7, 11) is 0. The molecule has 0 N–H and O–H groups in total. The predicted octanol–water partition coefficient (Wildman–Crippen LogP) is 3.71. The van der Waals surface area contributed by atoms with E-state index >= 15 is 0 Å². The zero-order valence-corrected chi connectivity index (χ0v) is 11.9. The first-order valence-electron chi connectivity index (χ1n) is 5.40. The Bertz CT molecular complexity index is 444. The van der Waals surface area contributed by atoms with E-state index < -0.39 is 0 Å². The molecule has 0 bridgehead atoms. The zero-order valence-electron chi connectivity index (χ0n) is 9.76. The molecule has 0 amide bonds. The summed E-state index contributed by atoms with van der Waals surface area (Å²) < 4.78 is 3.75. The van der Waals surface area contributed by atoms with Crippen LogP contribution in [-0.2, 0) is 5.41 Å². The summed E-state index contributed by atoms with van der Waals surface area (Å²) >= 11 is 2.39. The van der Waals surface area contributed by atoms with E-state index in [0.717, 1.165) is 6.54 Å². The summed E-state index contributed by atoms with van der Waals surface area (Å²) in [5.41, 5.74) is 4.50. The van der Waals surface area contributed by atoms with Gasteiger partial charge in [0.25, 0.3) is 0 Å². The molecule has 0 unspecified atom stereocenters. The number of halogens is 1. The molecule has 1 heterocycles. The SMILES string of the molecule is CC[N+]1=C(C)C(C)(C)c2cc(I)ccc21. The summed E-state index contributed by atoms with van der Waals surface area (Å²) in [6.45, 7) is 10.1. The molecule has 2 heteroatoms. The Hall–Kier alpha value is -0.380. The highest BCUT2D eigenvalue weighted by Crippen LogP contribution is 2.39. The highest BCUT2D eigenvalue weighted by molar-refractivity contribution is 14.1. The van der Waals surface area contributed by atoms with Crippen molar-refractivity contribution < 1.29 is 4.58 Å². The first-order valence-corrected chi connectivity index (χ1v) is 6.48. The maximum Gasteiger partial charge on any atom is 0.209 e. The molecule has 0 aliphatic carbocycles. The molecule has 0 saturated heterocycles.